The van der Waals surface area contributed by atoms with Crippen LogP contribution in [0.25, 0.3) is 0 Å². The molecule has 0 saturated carbocycles. The highest BCUT2D eigenvalue weighted by molar-refractivity contribution is 9.06. The van der Waals surface area contributed by atoms with E-state index in [0.29, 0.717) is 11.1 Å². The van der Waals surface area contributed by atoms with Crippen LogP contribution in [0.15, 0.2) is 60.7 Å². The molecule has 0 fully saturated rings. The number of hydrogen-bond acceptors (Lipinski definition) is 3. The van der Waals surface area contributed by atoms with Crippen molar-refractivity contribution in [2.75, 3.05) is 0 Å². The average molecular weight is 349 g/mol. The lowest BCUT2D eigenvalue weighted by molar-refractivity contribution is -0.162. The van der Waals surface area contributed by atoms with Crippen molar-refractivity contribution in [2.45, 2.75) is 25.6 Å². The number of rotatable bonds is 5. The van der Waals surface area contributed by atoms with E-state index in [0.717, 1.165) is 0 Å². The van der Waals surface area contributed by atoms with Gasteiger partial charge in [-0.05, 0) is 13.8 Å². The molecule has 0 bridgehead atoms. The van der Waals surface area contributed by atoms with Crippen LogP contribution in [-0.4, -0.2) is 12.1 Å². The second-order valence-corrected chi connectivity index (χ2v) is 5.27. The van der Waals surface area contributed by atoms with Crippen LogP contribution >= 0.6 is 16.3 Å². The standard InChI is InChI=1S/C17H17BrO3/c1-13(2)20-16(19)17(21-18,14-9-5-3-6-10-14)15-11-7-4-8-12-15/h3-13H,1-2H3. The fourth-order valence-electron chi connectivity index (χ4n) is 2.17. The average Bonchev–Trinajstić information content (AvgIpc) is 2.50. The highest BCUT2D eigenvalue weighted by atomic mass is 79.9. The molecule has 0 aliphatic heterocycles. The molecule has 0 aliphatic carbocycles. The second kappa shape index (κ2) is 6.87. The molecule has 0 aromatic heterocycles. The van der Waals surface area contributed by atoms with Crippen LogP contribution in [0.5, 0.6) is 0 Å². The van der Waals surface area contributed by atoms with Gasteiger partial charge in [0.1, 0.15) is 16.3 Å². The molecule has 2 aromatic rings. The number of esters is 1. The maximum absolute atomic E-state index is 12.7. The summed E-state index contributed by atoms with van der Waals surface area (Å²) in [5.74, 6) is -0.452. The Morgan fingerprint density at radius 2 is 1.38 bits per heavy atom. The van der Waals surface area contributed by atoms with Crippen molar-refractivity contribution in [3.05, 3.63) is 71.8 Å². The molecule has 21 heavy (non-hydrogen) atoms. The molecule has 3 nitrogen and oxygen atoms in total. The molecule has 0 radical (unpaired) electrons. The Bertz CT molecular complexity index is 542. The van der Waals surface area contributed by atoms with Gasteiger partial charge in [-0.3, -0.25) is 3.83 Å². The van der Waals surface area contributed by atoms with Crippen LogP contribution in [0.4, 0.5) is 0 Å². The number of hydrogen-bond donors (Lipinski definition) is 0. The minimum atomic E-state index is -1.33. The van der Waals surface area contributed by atoms with E-state index in [2.05, 4.69) is 16.3 Å². The third-order valence-corrected chi connectivity index (χ3v) is 3.59. The number of halogens is 1. The summed E-state index contributed by atoms with van der Waals surface area (Å²) in [6, 6.07) is 18.6. The molecular weight excluding hydrogens is 332 g/mol. The Hall–Kier alpha value is -1.65. The Morgan fingerprint density at radius 1 is 0.952 bits per heavy atom. The van der Waals surface area contributed by atoms with Gasteiger partial charge in [-0.15, -0.1) is 0 Å². The van der Waals surface area contributed by atoms with Crippen LogP contribution in [-0.2, 0) is 19.0 Å². The summed E-state index contributed by atoms with van der Waals surface area (Å²) < 4.78 is 10.9. The van der Waals surface area contributed by atoms with Crippen LogP contribution < -0.4 is 0 Å². The topological polar surface area (TPSA) is 35.5 Å². The van der Waals surface area contributed by atoms with Gasteiger partial charge in [0.05, 0.1) is 6.10 Å². The summed E-state index contributed by atoms with van der Waals surface area (Å²) in [6.45, 7) is 3.62. The van der Waals surface area contributed by atoms with Crippen molar-refractivity contribution < 1.29 is 13.4 Å². The molecule has 0 amide bonds. The summed E-state index contributed by atoms with van der Waals surface area (Å²) in [5, 5.41) is 0. The maximum atomic E-state index is 12.7. The molecule has 2 rings (SSSR count). The monoisotopic (exact) mass is 348 g/mol. The molecule has 110 valence electrons. The normalized spacial score (nSPS) is 11.4. The maximum Gasteiger partial charge on any atom is 0.349 e. The Kier molecular flexibility index (Phi) is 5.15. The van der Waals surface area contributed by atoms with Crippen molar-refractivity contribution in [3.8, 4) is 0 Å². The van der Waals surface area contributed by atoms with Gasteiger partial charge < -0.3 is 4.74 Å². The molecule has 0 aliphatic rings. The molecule has 0 spiro atoms. The van der Waals surface area contributed by atoms with Gasteiger partial charge >= 0.3 is 5.97 Å². The quantitative estimate of drug-likeness (QED) is 0.759. The molecule has 0 unspecified atom stereocenters. The minimum absolute atomic E-state index is 0.230. The van der Waals surface area contributed by atoms with Crippen LogP contribution in [0, 0.1) is 0 Å². The van der Waals surface area contributed by atoms with Crippen molar-refractivity contribution in [2.24, 2.45) is 0 Å². The van der Waals surface area contributed by atoms with Gasteiger partial charge in [0.2, 0.25) is 5.60 Å². The first-order chi connectivity index (χ1) is 10.1. The van der Waals surface area contributed by atoms with Crippen LogP contribution in [0.1, 0.15) is 25.0 Å². The summed E-state index contributed by atoms with van der Waals surface area (Å²) in [7, 11) is 0. The van der Waals surface area contributed by atoms with E-state index >= 15 is 0 Å². The zero-order valence-electron chi connectivity index (χ0n) is 12.0. The van der Waals surface area contributed by atoms with E-state index < -0.39 is 11.6 Å². The van der Waals surface area contributed by atoms with E-state index in [-0.39, 0.29) is 6.10 Å². The molecular formula is C17H17BrO3. The van der Waals surface area contributed by atoms with E-state index in [1.807, 2.05) is 74.5 Å². The first kappa shape index (κ1) is 15.7. The minimum Gasteiger partial charge on any atom is -0.460 e. The van der Waals surface area contributed by atoms with Gasteiger partial charge in [-0.25, -0.2) is 4.79 Å². The highest BCUT2D eigenvalue weighted by Gasteiger charge is 2.45. The Balaban J connectivity index is 2.60. The van der Waals surface area contributed by atoms with Crippen LogP contribution in [0.2, 0.25) is 0 Å². The largest absolute Gasteiger partial charge is 0.460 e. The molecule has 2 aromatic carbocycles. The predicted molar refractivity (Wildman–Crippen MR) is 84.9 cm³/mol. The van der Waals surface area contributed by atoms with E-state index in [4.69, 9.17) is 8.57 Å². The first-order valence-electron chi connectivity index (χ1n) is 6.73. The van der Waals surface area contributed by atoms with Crippen molar-refractivity contribution in [3.63, 3.8) is 0 Å². The van der Waals surface area contributed by atoms with Crippen molar-refractivity contribution in [1.29, 1.82) is 0 Å². The fourth-order valence-corrected chi connectivity index (χ4v) is 2.67. The summed E-state index contributed by atoms with van der Waals surface area (Å²) >= 11 is 3.04. The van der Waals surface area contributed by atoms with Crippen molar-refractivity contribution >= 4 is 22.2 Å². The third-order valence-electron chi connectivity index (χ3n) is 3.11. The summed E-state index contributed by atoms with van der Waals surface area (Å²) in [6.07, 6.45) is -0.230. The lowest BCUT2D eigenvalue weighted by atomic mass is 9.86. The summed E-state index contributed by atoms with van der Waals surface area (Å²) in [4.78, 5) is 12.7. The van der Waals surface area contributed by atoms with Gasteiger partial charge in [0.15, 0.2) is 0 Å². The lowest BCUT2D eigenvalue weighted by Gasteiger charge is -2.30. The third kappa shape index (κ3) is 3.17. The zero-order valence-corrected chi connectivity index (χ0v) is 13.5. The zero-order chi connectivity index (χ0) is 15.3. The first-order valence-corrected chi connectivity index (χ1v) is 7.38. The van der Waals surface area contributed by atoms with E-state index in [1.54, 1.807) is 0 Å². The molecule has 0 saturated heterocycles. The molecule has 0 atom stereocenters. The summed E-state index contributed by atoms with van der Waals surface area (Å²) in [5.41, 5.74) is 0.0877. The van der Waals surface area contributed by atoms with E-state index in [1.165, 1.54) is 0 Å². The van der Waals surface area contributed by atoms with Gasteiger partial charge in [-0.1, -0.05) is 60.7 Å². The molecule has 4 heteroatoms. The molecule has 0 heterocycles. The second-order valence-electron chi connectivity index (χ2n) is 4.94. The SMILES string of the molecule is CC(C)OC(=O)C(OBr)(c1ccccc1)c1ccccc1. The number of carbonyl (C=O) groups is 1. The van der Waals surface area contributed by atoms with E-state index in [9.17, 15) is 4.79 Å². The fraction of sp³-hybridized carbons (Fsp3) is 0.235. The van der Waals surface area contributed by atoms with Gasteiger partial charge in [0.25, 0.3) is 0 Å². The van der Waals surface area contributed by atoms with Gasteiger partial charge in [0, 0.05) is 11.1 Å². The lowest BCUT2D eigenvalue weighted by Crippen LogP contribution is -2.40. The molecule has 0 N–H and O–H groups in total. The highest BCUT2D eigenvalue weighted by Crippen LogP contribution is 2.37. The smallest absolute Gasteiger partial charge is 0.349 e. The predicted octanol–water partition coefficient (Wildman–Crippen LogP) is 4.21. The Morgan fingerprint density at radius 3 is 1.71 bits per heavy atom. The number of ether oxygens (including phenoxy) is 1. The van der Waals surface area contributed by atoms with Gasteiger partial charge in [-0.2, -0.15) is 0 Å². The Labute approximate surface area is 133 Å². The number of benzene rings is 2. The van der Waals surface area contributed by atoms with Crippen molar-refractivity contribution in [1.82, 2.24) is 0 Å². The number of carbonyl (C=O) groups excluding carboxylic acids is 1. The van der Waals surface area contributed by atoms with Crippen LogP contribution in [0.3, 0.4) is 0 Å².